The van der Waals surface area contributed by atoms with Crippen LogP contribution in [0.4, 0.5) is 10.8 Å². The molecule has 0 bridgehead atoms. The predicted molar refractivity (Wildman–Crippen MR) is 93.3 cm³/mol. The lowest BCUT2D eigenvalue weighted by Crippen LogP contribution is -1.94. The lowest BCUT2D eigenvalue weighted by molar-refractivity contribution is 0.970. The molecule has 23 heavy (non-hydrogen) atoms. The van der Waals surface area contributed by atoms with E-state index in [9.17, 15) is 0 Å². The number of aromatic nitrogens is 4. The molecular weight excluding hydrogens is 306 g/mol. The molecule has 0 amide bonds. The maximum Gasteiger partial charge on any atom is 0.236 e. The number of nitrogens with zero attached hydrogens (tertiary/aromatic N) is 4. The van der Waals surface area contributed by atoms with Gasteiger partial charge in [-0.05, 0) is 26.0 Å². The van der Waals surface area contributed by atoms with Gasteiger partial charge < -0.3 is 5.32 Å². The minimum atomic E-state index is 0.758. The highest BCUT2D eigenvalue weighted by atomic mass is 32.1. The van der Waals surface area contributed by atoms with Crippen molar-refractivity contribution in [1.82, 2.24) is 19.8 Å². The normalized spacial score (nSPS) is 11.0. The molecule has 0 radical (unpaired) electrons. The van der Waals surface area contributed by atoms with Crippen molar-refractivity contribution in [3.8, 4) is 11.4 Å². The molecule has 0 unspecified atom stereocenters. The van der Waals surface area contributed by atoms with E-state index in [-0.39, 0.29) is 0 Å². The van der Waals surface area contributed by atoms with Gasteiger partial charge in [0.05, 0.1) is 0 Å². The number of hydrogen-bond donors (Lipinski definition) is 1. The maximum atomic E-state index is 4.59. The number of anilines is 2. The molecule has 0 atom stereocenters. The summed E-state index contributed by atoms with van der Waals surface area (Å²) in [5.41, 5.74) is 4.47. The van der Waals surface area contributed by atoms with Gasteiger partial charge in [-0.2, -0.15) is 4.52 Å². The highest BCUT2D eigenvalue weighted by Gasteiger charge is 2.13. The first-order valence-electron chi connectivity index (χ1n) is 7.32. The third-order valence-electron chi connectivity index (χ3n) is 3.60. The Morgan fingerprint density at radius 1 is 0.870 bits per heavy atom. The van der Waals surface area contributed by atoms with E-state index in [4.69, 9.17) is 0 Å². The highest BCUT2D eigenvalue weighted by Crippen LogP contribution is 2.26. The molecule has 114 valence electrons. The number of aryl methyl sites for hydroxylation is 2. The smallest absolute Gasteiger partial charge is 0.236 e. The molecule has 5 nitrogen and oxygen atoms in total. The van der Waals surface area contributed by atoms with Gasteiger partial charge in [-0.1, -0.05) is 58.9 Å². The van der Waals surface area contributed by atoms with E-state index in [0.717, 1.165) is 27.2 Å². The summed E-state index contributed by atoms with van der Waals surface area (Å²) in [6, 6.07) is 16.4. The van der Waals surface area contributed by atoms with Crippen LogP contribution in [0.5, 0.6) is 0 Å². The number of nitrogens with one attached hydrogen (secondary N) is 1. The average molecular weight is 321 g/mol. The van der Waals surface area contributed by atoms with E-state index in [1.807, 2.05) is 24.3 Å². The topological polar surface area (TPSA) is 55.1 Å². The minimum absolute atomic E-state index is 0.758. The van der Waals surface area contributed by atoms with Crippen molar-refractivity contribution in [3.63, 3.8) is 0 Å². The summed E-state index contributed by atoms with van der Waals surface area (Å²) >= 11 is 1.48. The van der Waals surface area contributed by atoms with Gasteiger partial charge in [0.15, 0.2) is 5.82 Å². The van der Waals surface area contributed by atoms with E-state index in [0.29, 0.717) is 0 Å². The molecule has 2 heterocycles. The van der Waals surface area contributed by atoms with Crippen LogP contribution in [0.3, 0.4) is 0 Å². The van der Waals surface area contributed by atoms with Crippen LogP contribution in [-0.2, 0) is 0 Å². The van der Waals surface area contributed by atoms with E-state index in [2.05, 4.69) is 58.7 Å². The Morgan fingerprint density at radius 3 is 2.22 bits per heavy atom. The van der Waals surface area contributed by atoms with Crippen LogP contribution in [0.2, 0.25) is 0 Å². The van der Waals surface area contributed by atoms with Gasteiger partial charge in [-0.15, -0.1) is 15.3 Å². The number of benzene rings is 2. The van der Waals surface area contributed by atoms with Gasteiger partial charge in [0.25, 0.3) is 0 Å². The summed E-state index contributed by atoms with van der Waals surface area (Å²) in [7, 11) is 0. The molecule has 4 rings (SSSR count). The van der Waals surface area contributed by atoms with E-state index >= 15 is 0 Å². The average Bonchev–Trinajstić information content (AvgIpc) is 3.11. The summed E-state index contributed by atoms with van der Waals surface area (Å²) in [6.45, 7) is 4.14. The first-order chi connectivity index (χ1) is 11.2. The lowest BCUT2D eigenvalue weighted by atomic mass is 10.1. The van der Waals surface area contributed by atoms with Gasteiger partial charge >= 0.3 is 0 Å². The van der Waals surface area contributed by atoms with Crippen molar-refractivity contribution in [2.45, 2.75) is 13.8 Å². The van der Waals surface area contributed by atoms with Crippen molar-refractivity contribution >= 4 is 27.1 Å². The number of rotatable bonds is 3. The second-order valence-electron chi connectivity index (χ2n) is 5.48. The molecule has 6 heteroatoms. The largest absolute Gasteiger partial charge is 0.330 e. The third-order valence-corrected chi connectivity index (χ3v) is 4.42. The molecule has 0 saturated heterocycles. The van der Waals surface area contributed by atoms with Crippen LogP contribution in [-0.4, -0.2) is 19.8 Å². The van der Waals surface area contributed by atoms with Crippen molar-refractivity contribution < 1.29 is 0 Å². The molecule has 0 aliphatic rings. The monoisotopic (exact) mass is 321 g/mol. The lowest BCUT2D eigenvalue weighted by Gasteiger charge is -2.02. The summed E-state index contributed by atoms with van der Waals surface area (Å²) < 4.78 is 1.78. The van der Waals surface area contributed by atoms with Crippen molar-refractivity contribution in [2.75, 3.05) is 5.32 Å². The molecule has 2 aromatic heterocycles. The molecule has 0 fully saturated rings. The van der Waals surface area contributed by atoms with E-state index in [1.54, 1.807) is 4.52 Å². The Morgan fingerprint density at radius 2 is 1.52 bits per heavy atom. The molecule has 0 aliphatic carbocycles. The molecule has 0 aliphatic heterocycles. The Balaban J connectivity index is 1.68. The Hall–Kier alpha value is -2.73. The van der Waals surface area contributed by atoms with Crippen LogP contribution in [0.1, 0.15) is 11.1 Å². The van der Waals surface area contributed by atoms with Gasteiger partial charge in [0.1, 0.15) is 0 Å². The van der Waals surface area contributed by atoms with Crippen molar-refractivity contribution in [1.29, 1.82) is 0 Å². The summed E-state index contributed by atoms with van der Waals surface area (Å²) in [6.07, 6.45) is 0. The minimum Gasteiger partial charge on any atom is -0.330 e. The highest BCUT2D eigenvalue weighted by molar-refractivity contribution is 7.20. The summed E-state index contributed by atoms with van der Waals surface area (Å²) in [5.74, 6) is 0.758. The standard InChI is InChI=1S/C17H15N5S/c1-11-3-7-13(8-4-11)15-19-20-17-22(15)21-16(23-17)18-14-9-5-12(2)6-10-14/h3-10H,1-2H3,(H,18,21). The fraction of sp³-hybridized carbons (Fsp3) is 0.118. The molecular formula is C17H15N5S. The van der Waals surface area contributed by atoms with Crippen LogP contribution >= 0.6 is 11.3 Å². The first kappa shape index (κ1) is 13.9. The van der Waals surface area contributed by atoms with E-state index in [1.165, 1.54) is 22.5 Å². The second kappa shape index (κ2) is 5.48. The van der Waals surface area contributed by atoms with Gasteiger partial charge in [0, 0.05) is 11.3 Å². The maximum absolute atomic E-state index is 4.59. The zero-order valence-electron chi connectivity index (χ0n) is 12.8. The van der Waals surface area contributed by atoms with Crippen molar-refractivity contribution in [2.24, 2.45) is 0 Å². The van der Waals surface area contributed by atoms with E-state index < -0.39 is 0 Å². The fourth-order valence-corrected chi connectivity index (χ4v) is 3.07. The van der Waals surface area contributed by atoms with Gasteiger partial charge in [-0.25, -0.2) is 0 Å². The Bertz CT molecular complexity index is 951. The molecule has 1 N–H and O–H groups in total. The quantitative estimate of drug-likeness (QED) is 0.614. The Kier molecular flexibility index (Phi) is 3.31. The van der Waals surface area contributed by atoms with Crippen LogP contribution in [0.15, 0.2) is 48.5 Å². The molecule has 2 aromatic carbocycles. The SMILES string of the molecule is Cc1ccc(Nc2nn3c(-c4ccc(C)cc4)nnc3s2)cc1. The third kappa shape index (κ3) is 2.68. The molecule has 0 saturated carbocycles. The summed E-state index contributed by atoms with van der Waals surface area (Å²) in [4.78, 5) is 0.773. The summed E-state index contributed by atoms with van der Waals surface area (Å²) in [5, 5.41) is 17.2. The molecule has 4 aromatic rings. The molecule has 0 spiro atoms. The van der Waals surface area contributed by atoms with Crippen LogP contribution in [0.25, 0.3) is 16.3 Å². The zero-order valence-corrected chi connectivity index (χ0v) is 13.6. The van der Waals surface area contributed by atoms with Crippen molar-refractivity contribution in [3.05, 3.63) is 59.7 Å². The van der Waals surface area contributed by atoms with Gasteiger partial charge in [0.2, 0.25) is 10.1 Å². The van der Waals surface area contributed by atoms with Crippen LogP contribution in [0, 0.1) is 13.8 Å². The zero-order chi connectivity index (χ0) is 15.8. The van der Waals surface area contributed by atoms with Crippen LogP contribution < -0.4 is 5.32 Å². The predicted octanol–water partition coefficient (Wildman–Crippen LogP) is 4.21. The number of hydrogen-bond acceptors (Lipinski definition) is 5. The van der Waals surface area contributed by atoms with Gasteiger partial charge in [-0.3, -0.25) is 0 Å². The Labute approximate surface area is 137 Å². The fourth-order valence-electron chi connectivity index (χ4n) is 2.31. The number of fused-ring (bicyclic) bond motifs is 1. The second-order valence-corrected chi connectivity index (χ2v) is 6.44. The first-order valence-corrected chi connectivity index (χ1v) is 8.14.